The van der Waals surface area contributed by atoms with Crippen molar-refractivity contribution in [3.05, 3.63) is 24.3 Å². The van der Waals surface area contributed by atoms with E-state index in [0.29, 0.717) is 12.8 Å². The number of nitrogens with zero attached hydrogens (tertiary/aromatic N) is 1. The van der Waals surface area contributed by atoms with Gasteiger partial charge in [-0.1, -0.05) is 6.07 Å². The number of anilines is 2. The fourth-order valence-corrected chi connectivity index (χ4v) is 3.22. The SMILES string of the molecule is O=C(CC[C@H]1CCCO1)Nc1cccc(N2CCCCC2=O)c1. The van der Waals surface area contributed by atoms with Crippen LogP contribution in [0.2, 0.25) is 0 Å². The number of ether oxygens (including phenoxy) is 1. The summed E-state index contributed by atoms with van der Waals surface area (Å²) in [6, 6.07) is 7.55. The minimum absolute atomic E-state index is 0.00243. The molecule has 3 rings (SSSR count). The highest BCUT2D eigenvalue weighted by atomic mass is 16.5. The van der Waals surface area contributed by atoms with E-state index >= 15 is 0 Å². The molecule has 1 atom stereocenters. The highest BCUT2D eigenvalue weighted by Crippen LogP contribution is 2.24. The first-order chi connectivity index (χ1) is 11.2. The molecule has 0 aliphatic carbocycles. The lowest BCUT2D eigenvalue weighted by Gasteiger charge is -2.27. The van der Waals surface area contributed by atoms with Crippen LogP contribution in [-0.4, -0.2) is 31.1 Å². The van der Waals surface area contributed by atoms with Crippen LogP contribution in [0.1, 0.15) is 44.9 Å². The summed E-state index contributed by atoms with van der Waals surface area (Å²) in [6.45, 7) is 1.58. The summed E-state index contributed by atoms with van der Waals surface area (Å²) in [7, 11) is 0. The maximum Gasteiger partial charge on any atom is 0.226 e. The highest BCUT2D eigenvalue weighted by molar-refractivity contribution is 5.96. The van der Waals surface area contributed by atoms with Crippen molar-refractivity contribution in [1.82, 2.24) is 0 Å². The molecule has 23 heavy (non-hydrogen) atoms. The Labute approximate surface area is 137 Å². The minimum Gasteiger partial charge on any atom is -0.378 e. The second-order valence-corrected chi connectivity index (χ2v) is 6.27. The highest BCUT2D eigenvalue weighted by Gasteiger charge is 2.20. The summed E-state index contributed by atoms with van der Waals surface area (Å²) in [6.07, 6.45) is 6.24. The first-order valence-corrected chi connectivity index (χ1v) is 8.54. The van der Waals surface area contributed by atoms with Gasteiger partial charge in [0, 0.05) is 37.4 Å². The lowest BCUT2D eigenvalue weighted by molar-refractivity contribution is -0.119. The fourth-order valence-electron chi connectivity index (χ4n) is 3.22. The Kier molecular flexibility index (Phi) is 5.28. The van der Waals surface area contributed by atoms with Crippen LogP contribution in [0.3, 0.4) is 0 Å². The maximum atomic E-state index is 12.1. The zero-order valence-corrected chi connectivity index (χ0v) is 13.4. The Morgan fingerprint density at radius 2 is 2.22 bits per heavy atom. The standard InChI is InChI=1S/C18H24N2O3/c21-17(10-9-16-7-4-12-23-16)19-14-5-3-6-15(13-14)20-11-2-1-8-18(20)22/h3,5-6,13,16H,1-2,4,7-12H2,(H,19,21)/t16-/m1/s1. The van der Waals surface area contributed by atoms with Crippen LogP contribution in [0.15, 0.2) is 24.3 Å². The van der Waals surface area contributed by atoms with Crippen LogP contribution in [0.5, 0.6) is 0 Å². The van der Waals surface area contributed by atoms with Gasteiger partial charge in [-0.3, -0.25) is 9.59 Å². The molecule has 2 aliphatic rings. The van der Waals surface area contributed by atoms with Gasteiger partial charge >= 0.3 is 0 Å². The monoisotopic (exact) mass is 316 g/mol. The third-order valence-corrected chi connectivity index (χ3v) is 4.48. The lowest BCUT2D eigenvalue weighted by atomic mass is 10.1. The zero-order chi connectivity index (χ0) is 16.1. The average molecular weight is 316 g/mol. The van der Waals surface area contributed by atoms with E-state index in [4.69, 9.17) is 4.74 Å². The average Bonchev–Trinajstić information content (AvgIpc) is 3.07. The van der Waals surface area contributed by atoms with Crippen molar-refractivity contribution in [1.29, 1.82) is 0 Å². The van der Waals surface area contributed by atoms with Crippen molar-refractivity contribution in [3.8, 4) is 0 Å². The molecule has 2 fully saturated rings. The van der Waals surface area contributed by atoms with Crippen molar-refractivity contribution in [2.45, 2.75) is 51.0 Å². The van der Waals surface area contributed by atoms with Crippen LogP contribution in [-0.2, 0) is 14.3 Å². The van der Waals surface area contributed by atoms with Gasteiger partial charge in [0.1, 0.15) is 0 Å². The quantitative estimate of drug-likeness (QED) is 0.908. The lowest BCUT2D eigenvalue weighted by Crippen LogP contribution is -2.35. The number of hydrogen-bond donors (Lipinski definition) is 1. The smallest absolute Gasteiger partial charge is 0.226 e. The molecule has 0 radical (unpaired) electrons. The summed E-state index contributed by atoms with van der Waals surface area (Å²) in [5.41, 5.74) is 1.62. The largest absolute Gasteiger partial charge is 0.378 e. The van der Waals surface area contributed by atoms with Gasteiger partial charge in [0.2, 0.25) is 11.8 Å². The summed E-state index contributed by atoms with van der Waals surface area (Å²) in [4.78, 5) is 25.9. The molecule has 0 bridgehead atoms. The molecule has 2 saturated heterocycles. The fraction of sp³-hybridized carbons (Fsp3) is 0.556. The van der Waals surface area contributed by atoms with E-state index in [2.05, 4.69) is 5.32 Å². The van der Waals surface area contributed by atoms with E-state index in [-0.39, 0.29) is 17.9 Å². The van der Waals surface area contributed by atoms with Crippen LogP contribution in [0.4, 0.5) is 11.4 Å². The summed E-state index contributed by atoms with van der Waals surface area (Å²) >= 11 is 0. The Balaban J connectivity index is 1.56. The first-order valence-electron chi connectivity index (χ1n) is 8.54. The van der Waals surface area contributed by atoms with E-state index in [1.54, 1.807) is 0 Å². The number of piperidine rings is 1. The van der Waals surface area contributed by atoms with Gasteiger partial charge in [-0.15, -0.1) is 0 Å². The molecule has 1 N–H and O–H groups in total. The van der Waals surface area contributed by atoms with E-state index in [1.807, 2.05) is 29.2 Å². The molecule has 0 aromatic heterocycles. The topological polar surface area (TPSA) is 58.6 Å². The van der Waals surface area contributed by atoms with Crippen molar-refractivity contribution in [3.63, 3.8) is 0 Å². The second kappa shape index (κ2) is 7.59. The molecule has 2 amide bonds. The van der Waals surface area contributed by atoms with Crippen molar-refractivity contribution < 1.29 is 14.3 Å². The Morgan fingerprint density at radius 1 is 1.30 bits per heavy atom. The molecule has 1 aromatic rings. The Hall–Kier alpha value is -1.88. The van der Waals surface area contributed by atoms with Crippen molar-refractivity contribution in [2.75, 3.05) is 23.4 Å². The minimum atomic E-state index is 0.00243. The molecule has 5 heteroatoms. The van der Waals surface area contributed by atoms with Crippen LogP contribution in [0, 0.1) is 0 Å². The molecule has 0 saturated carbocycles. The van der Waals surface area contributed by atoms with Gasteiger partial charge in [0.15, 0.2) is 0 Å². The van der Waals surface area contributed by atoms with Crippen LogP contribution in [0.25, 0.3) is 0 Å². The Morgan fingerprint density at radius 3 is 3.00 bits per heavy atom. The number of rotatable bonds is 5. The van der Waals surface area contributed by atoms with Crippen molar-refractivity contribution >= 4 is 23.2 Å². The molecule has 2 aliphatic heterocycles. The molecular weight excluding hydrogens is 292 g/mol. The normalized spacial score (nSPS) is 21.5. The molecule has 1 aromatic carbocycles. The molecule has 0 unspecified atom stereocenters. The summed E-state index contributed by atoms with van der Waals surface area (Å²) < 4.78 is 5.54. The van der Waals surface area contributed by atoms with Gasteiger partial charge < -0.3 is 15.0 Å². The maximum absolute atomic E-state index is 12.1. The van der Waals surface area contributed by atoms with E-state index in [9.17, 15) is 9.59 Å². The first kappa shape index (κ1) is 16.0. The third kappa shape index (κ3) is 4.32. The number of carbonyl (C=O) groups is 2. The number of carbonyl (C=O) groups excluding carboxylic acids is 2. The van der Waals surface area contributed by atoms with Gasteiger partial charge in [-0.05, 0) is 50.3 Å². The second-order valence-electron chi connectivity index (χ2n) is 6.27. The molecule has 124 valence electrons. The van der Waals surface area contributed by atoms with E-state index < -0.39 is 0 Å². The van der Waals surface area contributed by atoms with E-state index in [1.165, 1.54) is 0 Å². The van der Waals surface area contributed by atoms with Gasteiger partial charge in [0.05, 0.1) is 6.10 Å². The number of amides is 2. The van der Waals surface area contributed by atoms with Gasteiger partial charge in [0.25, 0.3) is 0 Å². The molecular formula is C18H24N2O3. The van der Waals surface area contributed by atoms with Gasteiger partial charge in [-0.2, -0.15) is 0 Å². The molecule has 0 spiro atoms. The predicted octanol–water partition coefficient (Wildman–Crippen LogP) is 3.10. The predicted molar refractivity (Wildman–Crippen MR) is 89.5 cm³/mol. The van der Waals surface area contributed by atoms with E-state index in [0.717, 1.165) is 56.6 Å². The third-order valence-electron chi connectivity index (χ3n) is 4.48. The van der Waals surface area contributed by atoms with Crippen LogP contribution >= 0.6 is 0 Å². The zero-order valence-electron chi connectivity index (χ0n) is 13.4. The van der Waals surface area contributed by atoms with Crippen molar-refractivity contribution in [2.24, 2.45) is 0 Å². The molecule has 5 nitrogen and oxygen atoms in total. The van der Waals surface area contributed by atoms with Crippen LogP contribution < -0.4 is 10.2 Å². The van der Waals surface area contributed by atoms with Gasteiger partial charge in [-0.25, -0.2) is 0 Å². The Bertz CT molecular complexity index is 567. The molecule has 2 heterocycles. The number of nitrogens with one attached hydrogen (secondary N) is 1. The summed E-state index contributed by atoms with van der Waals surface area (Å²) in [5.74, 6) is 0.167. The summed E-state index contributed by atoms with van der Waals surface area (Å²) in [5, 5.41) is 2.93. The number of benzene rings is 1. The number of hydrogen-bond acceptors (Lipinski definition) is 3.